The highest BCUT2D eigenvalue weighted by atomic mass is 35.5. The fourth-order valence-corrected chi connectivity index (χ4v) is 10.8. The number of piperidine rings is 1. The molecule has 408 valence electrons. The maximum Gasteiger partial charge on any atom is 0.357 e. The van der Waals surface area contributed by atoms with Crippen LogP contribution in [0.3, 0.4) is 0 Å². The van der Waals surface area contributed by atoms with Gasteiger partial charge in [-0.15, -0.1) is 0 Å². The van der Waals surface area contributed by atoms with Crippen LogP contribution in [0.4, 0.5) is 14.6 Å². The number of fused-ring (bicyclic) bond motifs is 2. The highest BCUT2D eigenvalue weighted by Crippen LogP contribution is 2.40. The number of allylic oxidation sites excluding steroid dienone is 3. The second-order valence-corrected chi connectivity index (χ2v) is 20.7. The average Bonchev–Trinajstić information content (AvgIpc) is 3.45. The number of ether oxygens (including phenoxy) is 1. The Bertz CT molecular complexity index is 4000. The molecule has 8 aromatic rings. The number of aromatic nitrogens is 8. The quantitative estimate of drug-likeness (QED) is 0.0898. The second-order valence-electron chi connectivity index (χ2n) is 19.9. The monoisotopic (exact) mass is 1120 g/mol. The molecule has 2 saturated heterocycles. The third-order valence-electron chi connectivity index (χ3n) is 14.2. The highest BCUT2D eigenvalue weighted by molar-refractivity contribution is 6.34. The number of anilines is 1. The Balaban J connectivity index is 0.958. The number of phenols is 1. The van der Waals surface area contributed by atoms with E-state index in [0.29, 0.717) is 72.3 Å². The molecule has 17 nitrogen and oxygen atoms in total. The molecule has 2 atom stereocenters. The van der Waals surface area contributed by atoms with Crippen LogP contribution in [-0.4, -0.2) is 111 Å². The van der Waals surface area contributed by atoms with Crippen LogP contribution in [0.25, 0.3) is 61.7 Å². The van der Waals surface area contributed by atoms with Gasteiger partial charge in [0.25, 0.3) is 0 Å². The zero-order valence-electron chi connectivity index (χ0n) is 44.2. The summed E-state index contributed by atoms with van der Waals surface area (Å²) in [6, 6.07) is 17.8. The van der Waals surface area contributed by atoms with E-state index in [1.165, 1.54) is 51.7 Å². The van der Waals surface area contributed by atoms with Gasteiger partial charge in [-0.25, -0.2) is 42.5 Å². The van der Waals surface area contributed by atoms with Crippen molar-refractivity contribution in [3.05, 3.63) is 176 Å². The summed E-state index contributed by atoms with van der Waals surface area (Å²) in [5, 5.41) is 11.6. The van der Waals surface area contributed by atoms with Crippen molar-refractivity contribution in [1.82, 2.24) is 48.8 Å². The minimum Gasteiger partial charge on any atom is -0.507 e. The van der Waals surface area contributed by atoms with Crippen molar-refractivity contribution in [2.45, 2.75) is 65.5 Å². The number of aryl methyl sites for hydroxylation is 1. The van der Waals surface area contributed by atoms with E-state index < -0.39 is 34.9 Å². The fourth-order valence-electron chi connectivity index (χ4n) is 10.3. The van der Waals surface area contributed by atoms with E-state index in [9.17, 15) is 24.3 Å². The van der Waals surface area contributed by atoms with Crippen molar-refractivity contribution in [2.24, 2.45) is 0 Å². The number of aromatic hydroxyl groups is 1. The molecular weight excluding hydrogens is 1070 g/mol. The molecule has 2 amide bonds. The normalized spacial score (nSPS) is 16.1. The lowest BCUT2D eigenvalue weighted by Gasteiger charge is -2.40. The lowest BCUT2D eigenvalue weighted by molar-refractivity contribution is -0.128. The Hall–Kier alpha value is -8.68. The van der Waals surface area contributed by atoms with E-state index in [1.54, 1.807) is 77.5 Å². The molecule has 6 aromatic heterocycles. The van der Waals surface area contributed by atoms with Crippen molar-refractivity contribution in [3.63, 3.8) is 0 Å². The number of rotatable bonds is 12. The first-order valence-corrected chi connectivity index (χ1v) is 26.6. The number of carbonyl (C=O) groups excluding carboxylic acids is 2. The number of benzene rings is 2. The van der Waals surface area contributed by atoms with E-state index in [1.807, 2.05) is 32.6 Å². The number of pyridine rings is 4. The lowest BCUT2D eigenvalue weighted by atomic mass is 10.0. The minimum absolute atomic E-state index is 0.0131. The largest absolute Gasteiger partial charge is 0.507 e. The van der Waals surface area contributed by atoms with Crippen molar-refractivity contribution in [1.29, 1.82) is 0 Å². The molecule has 2 aliphatic rings. The molecule has 0 unspecified atom stereocenters. The number of likely N-dealkylation sites (tertiary alicyclic amines) is 1. The van der Waals surface area contributed by atoms with Gasteiger partial charge in [0.1, 0.15) is 35.1 Å². The van der Waals surface area contributed by atoms with Gasteiger partial charge in [-0.3, -0.25) is 14.6 Å². The van der Waals surface area contributed by atoms with Gasteiger partial charge in [-0.05, 0) is 111 Å². The van der Waals surface area contributed by atoms with E-state index >= 15 is 8.78 Å². The van der Waals surface area contributed by atoms with E-state index in [4.69, 9.17) is 37.9 Å². The van der Waals surface area contributed by atoms with E-state index in [0.717, 1.165) is 11.6 Å². The number of hydrogen-bond donors (Lipinski definition) is 1. The highest BCUT2D eigenvalue weighted by Gasteiger charge is 2.32. The molecule has 0 saturated carbocycles. The predicted molar refractivity (Wildman–Crippen MR) is 304 cm³/mol. The molecule has 0 radical (unpaired) electrons. The van der Waals surface area contributed by atoms with Gasteiger partial charge in [0.05, 0.1) is 55.7 Å². The van der Waals surface area contributed by atoms with Crippen molar-refractivity contribution >= 4 is 68.5 Å². The van der Waals surface area contributed by atoms with Crippen LogP contribution in [0.5, 0.6) is 11.6 Å². The van der Waals surface area contributed by atoms with Crippen LogP contribution in [0.15, 0.2) is 126 Å². The molecule has 0 aliphatic carbocycles. The van der Waals surface area contributed by atoms with Crippen LogP contribution in [-0.2, 0) is 9.59 Å². The summed E-state index contributed by atoms with van der Waals surface area (Å²) in [4.78, 5) is 88.4. The Morgan fingerprint density at radius 3 is 2.26 bits per heavy atom. The first-order chi connectivity index (χ1) is 38.4. The topological polar surface area (TPSA) is 195 Å². The first kappa shape index (κ1) is 54.7. The van der Waals surface area contributed by atoms with E-state index in [-0.39, 0.29) is 91.7 Å². The van der Waals surface area contributed by atoms with Crippen LogP contribution in [0.2, 0.25) is 10.0 Å². The zero-order chi connectivity index (χ0) is 56.7. The Labute approximate surface area is 467 Å². The number of piperazine rings is 1. The maximum absolute atomic E-state index is 15.5. The maximum atomic E-state index is 15.5. The molecule has 2 aliphatic heterocycles. The lowest BCUT2D eigenvalue weighted by Crippen LogP contribution is -2.54. The number of halogens is 4. The van der Waals surface area contributed by atoms with Gasteiger partial charge in [0, 0.05) is 61.8 Å². The van der Waals surface area contributed by atoms with Crippen molar-refractivity contribution in [3.8, 4) is 45.6 Å². The van der Waals surface area contributed by atoms with Crippen LogP contribution in [0.1, 0.15) is 63.3 Å². The molecule has 21 heteroatoms. The SMILES string of the molecule is C=CC(=O)N1CCN(c2nc(=O)n(-c3ncccc3/C(C)=C/C=C/C(=O)N3CCC[C@@H](Oc4nc(=O)n(-c5c(C)ccnc5C(C)C)c5nc(-c6ccccc6F)c(Cl)cc45)C3)c3nc(-c4c(O)cccc4F)c(Cl)cc23)[C@@H](C)C1. The number of hydrogen-bond acceptors (Lipinski definition) is 13. The smallest absolute Gasteiger partial charge is 0.357 e. The molecule has 10 rings (SSSR count). The average molecular weight is 1120 g/mol. The van der Waals surface area contributed by atoms with Crippen molar-refractivity contribution < 1.29 is 28.2 Å². The number of phenolic OH excluding ortho intramolecular Hbond substituents is 1. The molecule has 1 N–H and O–H groups in total. The molecule has 2 fully saturated rings. The molecule has 8 heterocycles. The Morgan fingerprint density at radius 1 is 0.800 bits per heavy atom. The minimum atomic E-state index is -0.796. The molecule has 80 heavy (non-hydrogen) atoms. The summed E-state index contributed by atoms with van der Waals surface area (Å²) < 4.78 is 39.9. The summed E-state index contributed by atoms with van der Waals surface area (Å²) in [5.74, 6) is -2.12. The van der Waals surface area contributed by atoms with E-state index in [2.05, 4.69) is 26.5 Å². The standard InChI is InChI=1S/C59H53Cl2F2N11O6/c1-7-46(76)71-26-27-72(35(6)30-71)54-39-28-42(61)51(48-44(63)19-11-20-45(48)75)67-55(39)74(58(78)68-54)53-37(17-12-23-65-53)33(4)14-10-21-47(77)70-25-13-15-36(31-70)80-57-40-29-41(60)50(38-16-8-9-18-43(38)62)66-56(40)73(59(79)69-57)52-34(5)22-24-64-49(52)32(2)3/h7-12,14,16-24,28-29,32,35-36,75H,1,13,15,25-27,30-31H2,2-6H3/b21-10+,33-14+/t35-,36+/m0/s1. The number of amides is 2. The summed E-state index contributed by atoms with van der Waals surface area (Å²) in [6.07, 6.45) is 9.57. The van der Waals surface area contributed by atoms with Crippen LogP contribution < -0.4 is 21.0 Å². The van der Waals surface area contributed by atoms with Gasteiger partial charge < -0.3 is 24.5 Å². The molecule has 0 spiro atoms. The van der Waals surface area contributed by atoms with Gasteiger partial charge >= 0.3 is 11.4 Å². The van der Waals surface area contributed by atoms with Gasteiger partial charge in [-0.2, -0.15) is 9.97 Å². The van der Waals surface area contributed by atoms with Crippen LogP contribution in [0, 0.1) is 18.6 Å². The molecular formula is C59H53Cl2F2N11O6. The van der Waals surface area contributed by atoms with Crippen LogP contribution >= 0.6 is 23.2 Å². The Morgan fingerprint density at radius 2 is 1.51 bits per heavy atom. The predicted octanol–water partition coefficient (Wildman–Crippen LogP) is 9.97. The zero-order valence-corrected chi connectivity index (χ0v) is 45.7. The summed E-state index contributed by atoms with van der Waals surface area (Å²) >= 11 is 13.7. The molecule has 2 aromatic carbocycles. The first-order valence-electron chi connectivity index (χ1n) is 25.8. The van der Waals surface area contributed by atoms with Gasteiger partial charge in [-0.1, -0.05) is 74.0 Å². The van der Waals surface area contributed by atoms with Gasteiger partial charge in [0.2, 0.25) is 17.7 Å². The third kappa shape index (κ3) is 10.4. The molecule has 0 bridgehead atoms. The fraction of sp³-hybridized carbons (Fsp3) is 0.254. The number of nitrogens with zero attached hydrogens (tertiary/aromatic N) is 11. The third-order valence-corrected chi connectivity index (χ3v) is 14.8. The van der Waals surface area contributed by atoms with Crippen molar-refractivity contribution in [2.75, 3.05) is 37.6 Å². The number of carbonyl (C=O) groups is 2. The second kappa shape index (κ2) is 22.6. The summed E-state index contributed by atoms with van der Waals surface area (Å²) in [7, 11) is 0. The summed E-state index contributed by atoms with van der Waals surface area (Å²) in [6.45, 7) is 14.5. The summed E-state index contributed by atoms with van der Waals surface area (Å²) in [5.41, 5.74) is 1.43. The Kier molecular flexibility index (Phi) is 15.4. The van der Waals surface area contributed by atoms with Gasteiger partial charge in [0.15, 0.2) is 11.3 Å².